The normalized spacial score (nSPS) is 14.9. The third kappa shape index (κ3) is 2.47. The number of nitrogens with one attached hydrogen (secondary N) is 1. The molecule has 1 aliphatic rings. The molecule has 0 saturated carbocycles. The van der Waals surface area contributed by atoms with Gasteiger partial charge in [0.2, 0.25) is 0 Å². The molecule has 1 aliphatic heterocycles. The van der Waals surface area contributed by atoms with Crippen LogP contribution in [0.2, 0.25) is 0 Å². The lowest BCUT2D eigenvalue weighted by Crippen LogP contribution is -2.32. The van der Waals surface area contributed by atoms with Crippen LogP contribution in [-0.2, 0) is 0 Å². The van der Waals surface area contributed by atoms with Crippen molar-refractivity contribution in [1.82, 2.24) is 4.90 Å². The van der Waals surface area contributed by atoms with Crippen LogP contribution < -0.4 is 5.32 Å². The fourth-order valence-electron chi connectivity index (χ4n) is 2.20. The number of benzene rings is 1. The van der Waals surface area contributed by atoms with Crippen molar-refractivity contribution in [3.63, 3.8) is 0 Å². The van der Waals surface area contributed by atoms with Gasteiger partial charge in [-0.05, 0) is 38.0 Å². The van der Waals surface area contributed by atoms with Crippen LogP contribution >= 0.6 is 0 Å². The highest BCUT2D eigenvalue weighted by Crippen LogP contribution is 2.22. The average molecular weight is 249 g/mol. The van der Waals surface area contributed by atoms with Gasteiger partial charge in [0.15, 0.2) is 0 Å². The number of aliphatic imine (C=N–C) groups is 1. The van der Waals surface area contributed by atoms with Gasteiger partial charge in [0.1, 0.15) is 11.7 Å². The molecule has 1 aromatic rings. The lowest BCUT2D eigenvalue weighted by molar-refractivity contribution is 0.479. The molecule has 1 heterocycles. The molecule has 0 radical (unpaired) electrons. The van der Waals surface area contributed by atoms with Crippen molar-refractivity contribution < 1.29 is 4.39 Å². The van der Waals surface area contributed by atoms with Crippen LogP contribution in [0.3, 0.4) is 0 Å². The Labute approximate surface area is 108 Å². The maximum absolute atomic E-state index is 13.8. The Bertz CT molecular complexity index is 468. The molecule has 0 fully saturated rings. The number of likely N-dealkylation sites (N-methyl/N-ethyl adjacent to an activating group) is 1. The monoisotopic (exact) mass is 249 g/mol. The first-order valence-electron chi connectivity index (χ1n) is 6.41. The molecule has 0 unspecified atom stereocenters. The fourth-order valence-corrected chi connectivity index (χ4v) is 2.20. The van der Waals surface area contributed by atoms with Crippen molar-refractivity contribution in [3.8, 4) is 0 Å². The van der Waals surface area contributed by atoms with E-state index in [-0.39, 0.29) is 5.82 Å². The Kier molecular flexibility index (Phi) is 3.84. The smallest absolute Gasteiger partial charge is 0.146 e. The second-order valence-electron chi connectivity index (χ2n) is 4.60. The van der Waals surface area contributed by atoms with Crippen molar-refractivity contribution in [1.29, 1.82) is 0 Å². The highest BCUT2D eigenvalue weighted by molar-refractivity contribution is 5.87. The van der Waals surface area contributed by atoms with Crippen LogP contribution in [0.15, 0.2) is 17.1 Å². The van der Waals surface area contributed by atoms with E-state index in [1.807, 2.05) is 13.8 Å². The maximum Gasteiger partial charge on any atom is 0.146 e. The van der Waals surface area contributed by atoms with E-state index >= 15 is 0 Å². The third-order valence-electron chi connectivity index (χ3n) is 3.52. The summed E-state index contributed by atoms with van der Waals surface area (Å²) in [5, 5.41) is 3.18. The molecule has 0 spiro atoms. The molecule has 18 heavy (non-hydrogen) atoms. The molecule has 1 aromatic carbocycles. The second kappa shape index (κ2) is 5.38. The van der Waals surface area contributed by atoms with Crippen molar-refractivity contribution in [2.45, 2.75) is 20.8 Å². The van der Waals surface area contributed by atoms with E-state index in [4.69, 9.17) is 0 Å². The van der Waals surface area contributed by atoms with Crippen molar-refractivity contribution in [2.75, 3.05) is 31.5 Å². The van der Waals surface area contributed by atoms with Crippen molar-refractivity contribution >= 4 is 11.5 Å². The van der Waals surface area contributed by atoms with Crippen LogP contribution in [0.1, 0.15) is 18.1 Å². The lowest BCUT2D eigenvalue weighted by atomic mass is 10.1. The number of hydrogen-bond donors (Lipinski definition) is 1. The van der Waals surface area contributed by atoms with Crippen LogP contribution in [0, 0.1) is 19.7 Å². The first-order chi connectivity index (χ1) is 8.63. The van der Waals surface area contributed by atoms with E-state index in [9.17, 15) is 4.39 Å². The summed E-state index contributed by atoms with van der Waals surface area (Å²) in [6.07, 6.45) is 0. The summed E-state index contributed by atoms with van der Waals surface area (Å²) < 4.78 is 13.8. The molecule has 0 bridgehead atoms. The van der Waals surface area contributed by atoms with Crippen LogP contribution in [0.4, 0.5) is 10.1 Å². The molecule has 1 N–H and O–H groups in total. The van der Waals surface area contributed by atoms with Gasteiger partial charge in [-0.2, -0.15) is 0 Å². The lowest BCUT2D eigenvalue weighted by Gasteiger charge is -2.19. The molecule has 3 nitrogen and oxygen atoms in total. The van der Waals surface area contributed by atoms with Gasteiger partial charge in [0, 0.05) is 13.1 Å². The van der Waals surface area contributed by atoms with E-state index < -0.39 is 0 Å². The summed E-state index contributed by atoms with van der Waals surface area (Å²) >= 11 is 0. The van der Waals surface area contributed by atoms with E-state index in [2.05, 4.69) is 22.1 Å². The first-order valence-corrected chi connectivity index (χ1v) is 6.41. The van der Waals surface area contributed by atoms with Gasteiger partial charge in [0.25, 0.3) is 0 Å². The molecule has 0 amide bonds. The summed E-state index contributed by atoms with van der Waals surface area (Å²) in [4.78, 5) is 6.66. The Morgan fingerprint density at radius 3 is 2.89 bits per heavy atom. The molecule has 2 rings (SSSR count). The summed E-state index contributed by atoms with van der Waals surface area (Å²) in [7, 11) is 0. The third-order valence-corrected chi connectivity index (χ3v) is 3.52. The van der Waals surface area contributed by atoms with Crippen LogP contribution in [-0.4, -0.2) is 36.9 Å². The highest BCUT2D eigenvalue weighted by Gasteiger charge is 2.15. The number of nitrogens with zero attached hydrogens (tertiary/aromatic N) is 2. The highest BCUT2D eigenvalue weighted by atomic mass is 19.1. The predicted octanol–water partition coefficient (Wildman–Crippen LogP) is 2.59. The van der Waals surface area contributed by atoms with E-state index in [0.717, 1.165) is 36.6 Å². The molecule has 0 saturated heterocycles. The topological polar surface area (TPSA) is 27.6 Å². The average Bonchev–Trinajstić information content (AvgIpc) is 2.81. The number of anilines is 1. The van der Waals surface area contributed by atoms with Crippen molar-refractivity contribution in [2.24, 2.45) is 4.99 Å². The zero-order valence-corrected chi connectivity index (χ0v) is 11.3. The van der Waals surface area contributed by atoms with Gasteiger partial charge in [-0.1, -0.05) is 6.07 Å². The Balaban J connectivity index is 2.09. The number of rotatable bonds is 4. The molecule has 98 valence electrons. The molecular weight excluding hydrogens is 229 g/mol. The molecule has 4 heteroatoms. The summed E-state index contributed by atoms with van der Waals surface area (Å²) in [5.74, 6) is 0.831. The standard InChI is InChI=1S/C14H20FN3/c1-4-18-8-7-16-13(18)9-17-14-11(3)10(2)5-6-12(14)15/h5-6,17H,4,7-9H2,1-3H3. The van der Waals surface area contributed by atoms with Gasteiger partial charge >= 0.3 is 0 Å². The first kappa shape index (κ1) is 12.9. The summed E-state index contributed by atoms with van der Waals surface area (Å²) in [5.41, 5.74) is 2.66. The molecule has 0 aliphatic carbocycles. The SMILES string of the molecule is CCN1CCN=C1CNc1c(F)ccc(C)c1C. The van der Waals surface area contributed by atoms with Gasteiger partial charge in [-0.25, -0.2) is 4.39 Å². The maximum atomic E-state index is 13.8. The quantitative estimate of drug-likeness (QED) is 0.888. The molecule has 0 aromatic heterocycles. The van der Waals surface area contributed by atoms with Gasteiger partial charge < -0.3 is 10.2 Å². The van der Waals surface area contributed by atoms with E-state index in [0.29, 0.717) is 12.2 Å². The number of amidine groups is 1. The summed E-state index contributed by atoms with van der Waals surface area (Å²) in [6, 6.07) is 3.32. The fraction of sp³-hybridized carbons (Fsp3) is 0.500. The Morgan fingerprint density at radius 2 is 2.17 bits per heavy atom. The predicted molar refractivity (Wildman–Crippen MR) is 73.9 cm³/mol. The minimum atomic E-state index is -0.195. The second-order valence-corrected chi connectivity index (χ2v) is 4.60. The van der Waals surface area contributed by atoms with E-state index in [1.54, 1.807) is 6.07 Å². The van der Waals surface area contributed by atoms with Gasteiger partial charge in [-0.15, -0.1) is 0 Å². The number of hydrogen-bond acceptors (Lipinski definition) is 3. The Hall–Kier alpha value is -1.58. The van der Waals surface area contributed by atoms with Gasteiger partial charge in [0.05, 0.1) is 18.8 Å². The van der Waals surface area contributed by atoms with Crippen molar-refractivity contribution in [3.05, 3.63) is 29.1 Å². The van der Waals surface area contributed by atoms with Gasteiger partial charge in [-0.3, -0.25) is 4.99 Å². The number of aryl methyl sites for hydroxylation is 1. The zero-order chi connectivity index (χ0) is 13.1. The Morgan fingerprint density at radius 1 is 1.39 bits per heavy atom. The summed E-state index contributed by atoms with van der Waals surface area (Å²) in [6.45, 7) is 9.41. The molecular formula is C14H20FN3. The number of halogens is 1. The zero-order valence-electron chi connectivity index (χ0n) is 11.3. The van der Waals surface area contributed by atoms with Crippen LogP contribution in [0.25, 0.3) is 0 Å². The largest absolute Gasteiger partial charge is 0.375 e. The minimum absolute atomic E-state index is 0.195. The minimum Gasteiger partial charge on any atom is -0.375 e. The van der Waals surface area contributed by atoms with Crippen LogP contribution in [0.5, 0.6) is 0 Å². The molecule has 0 atom stereocenters. The van der Waals surface area contributed by atoms with E-state index in [1.165, 1.54) is 6.07 Å².